The summed E-state index contributed by atoms with van der Waals surface area (Å²) in [5, 5.41) is 0. The second kappa shape index (κ2) is 9.98. The van der Waals surface area contributed by atoms with Gasteiger partial charge in [-0.2, -0.15) is 0 Å². The van der Waals surface area contributed by atoms with Gasteiger partial charge in [-0.15, -0.1) is 5.73 Å². The van der Waals surface area contributed by atoms with E-state index in [0.717, 1.165) is 25.7 Å². The first-order chi connectivity index (χ1) is 8.10. The van der Waals surface area contributed by atoms with Gasteiger partial charge in [0.05, 0.1) is 6.10 Å². The molecule has 0 aromatic heterocycles. The second-order valence-electron chi connectivity index (χ2n) is 4.18. The second-order valence-corrected chi connectivity index (χ2v) is 4.18. The summed E-state index contributed by atoms with van der Waals surface area (Å²) in [4.78, 5) is 11.1. The van der Waals surface area contributed by atoms with E-state index in [1.165, 1.54) is 5.57 Å². The molecule has 0 spiro atoms. The zero-order chi connectivity index (χ0) is 13.1. The summed E-state index contributed by atoms with van der Waals surface area (Å²) in [6.45, 7) is 8.10. The molecule has 0 atom stereocenters. The van der Waals surface area contributed by atoms with Gasteiger partial charge in [0.15, 0.2) is 0 Å². The summed E-state index contributed by atoms with van der Waals surface area (Å²) in [5.41, 5.74) is 4.48. The van der Waals surface area contributed by atoms with E-state index in [4.69, 9.17) is 9.47 Å². The maximum atomic E-state index is 11.1. The summed E-state index contributed by atoms with van der Waals surface area (Å²) in [5.74, 6) is 0. The maximum Gasteiger partial charge on any atom is 0.508 e. The third-order valence-corrected chi connectivity index (χ3v) is 2.03. The molecular weight excluding hydrogens is 216 g/mol. The number of carbonyl (C=O) groups excluding carboxylic acids is 1. The topological polar surface area (TPSA) is 35.5 Å². The molecule has 0 aliphatic carbocycles. The quantitative estimate of drug-likeness (QED) is 0.493. The monoisotopic (exact) mass is 240 g/mol. The first-order valence-corrected chi connectivity index (χ1v) is 6.36. The van der Waals surface area contributed by atoms with Crippen molar-refractivity contribution in [2.45, 2.75) is 59.5 Å². The van der Waals surface area contributed by atoms with Crippen LogP contribution in [-0.4, -0.2) is 18.9 Å². The highest BCUT2D eigenvalue weighted by molar-refractivity contribution is 5.60. The van der Waals surface area contributed by atoms with Crippen molar-refractivity contribution in [3.63, 3.8) is 0 Å². The fraction of sp³-hybridized carbons (Fsp3) is 0.714. The van der Waals surface area contributed by atoms with E-state index in [1.54, 1.807) is 19.9 Å². The number of hydrogen-bond acceptors (Lipinski definition) is 3. The van der Waals surface area contributed by atoms with Gasteiger partial charge in [-0.3, -0.25) is 0 Å². The fourth-order valence-corrected chi connectivity index (χ4v) is 1.40. The molecule has 0 aromatic rings. The van der Waals surface area contributed by atoms with Crippen LogP contribution in [0.4, 0.5) is 4.79 Å². The predicted molar refractivity (Wildman–Crippen MR) is 69.0 cm³/mol. The van der Waals surface area contributed by atoms with Gasteiger partial charge in [-0.25, -0.2) is 4.79 Å². The highest BCUT2D eigenvalue weighted by Gasteiger charge is 2.04. The molecule has 0 saturated heterocycles. The van der Waals surface area contributed by atoms with E-state index in [0.29, 0.717) is 0 Å². The maximum absolute atomic E-state index is 11.1. The van der Waals surface area contributed by atoms with E-state index in [1.807, 2.05) is 0 Å². The van der Waals surface area contributed by atoms with Crippen molar-refractivity contribution in [1.29, 1.82) is 0 Å². The lowest BCUT2D eigenvalue weighted by atomic mass is 10.1. The first-order valence-electron chi connectivity index (χ1n) is 6.36. The highest BCUT2D eigenvalue weighted by Crippen LogP contribution is 2.09. The van der Waals surface area contributed by atoms with E-state index in [9.17, 15) is 4.79 Å². The van der Waals surface area contributed by atoms with Crippen molar-refractivity contribution < 1.29 is 14.3 Å². The Balaban J connectivity index is 4.04. The summed E-state index contributed by atoms with van der Waals surface area (Å²) in [6.07, 6.45) is 5.34. The number of carbonyl (C=O) groups is 1. The molecule has 0 aliphatic heterocycles. The molecule has 0 rings (SSSR count). The fourth-order valence-electron chi connectivity index (χ4n) is 1.40. The van der Waals surface area contributed by atoms with Crippen molar-refractivity contribution in [2.75, 3.05) is 6.61 Å². The van der Waals surface area contributed by atoms with E-state index >= 15 is 0 Å². The Morgan fingerprint density at radius 1 is 1.24 bits per heavy atom. The molecule has 0 radical (unpaired) electrons. The molecule has 0 amide bonds. The zero-order valence-corrected chi connectivity index (χ0v) is 11.4. The molecule has 98 valence electrons. The largest absolute Gasteiger partial charge is 0.508 e. The van der Waals surface area contributed by atoms with Gasteiger partial charge in [0.2, 0.25) is 0 Å². The van der Waals surface area contributed by atoms with Crippen molar-refractivity contribution >= 4 is 6.16 Å². The Morgan fingerprint density at radius 3 is 2.29 bits per heavy atom. The van der Waals surface area contributed by atoms with Crippen LogP contribution in [0.15, 0.2) is 17.4 Å². The molecule has 0 N–H and O–H groups in total. The number of ether oxygens (including phenoxy) is 2. The predicted octanol–water partition coefficient (Wildman–Crippen LogP) is 4.23. The summed E-state index contributed by atoms with van der Waals surface area (Å²) >= 11 is 0. The molecule has 0 saturated carbocycles. The Hall–Kier alpha value is -1.21. The van der Waals surface area contributed by atoms with Gasteiger partial charge >= 0.3 is 6.16 Å². The SMILES string of the molecule is CCCC(=C=CCOC(=O)OC(C)C)CCC. The third-order valence-electron chi connectivity index (χ3n) is 2.03. The van der Waals surface area contributed by atoms with Crippen LogP contribution in [0.3, 0.4) is 0 Å². The average molecular weight is 240 g/mol. The molecule has 3 heteroatoms. The Kier molecular flexibility index (Phi) is 9.27. The van der Waals surface area contributed by atoms with Crippen LogP contribution in [0.1, 0.15) is 53.4 Å². The standard InChI is InChI=1S/C14H24O3/c1-5-8-13(9-6-2)10-7-11-16-14(15)17-12(3)4/h7,12H,5-6,8-9,11H2,1-4H3. The minimum atomic E-state index is -0.620. The molecule has 0 heterocycles. The lowest BCUT2D eigenvalue weighted by Gasteiger charge is -2.06. The van der Waals surface area contributed by atoms with Crippen LogP contribution in [0.25, 0.3) is 0 Å². The molecule has 17 heavy (non-hydrogen) atoms. The molecule has 0 bridgehead atoms. The van der Waals surface area contributed by atoms with Gasteiger partial charge in [0, 0.05) is 0 Å². The van der Waals surface area contributed by atoms with Gasteiger partial charge < -0.3 is 9.47 Å². The smallest absolute Gasteiger partial charge is 0.432 e. The number of hydrogen-bond donors (Lipinski definition) is 0. The molecular formula is C14H24O3. The lowest BCUT2D eigenvalue weighted by molar-refractivity contribution is 0.0414. The first kappa shape index (κ1) is 15.8. The lowest BCUT2D eigenvalue weighted by Crippen LogP contribution is -2.12. The summed E-state index contributed by atoms with van der Waals surface area (Å²) in [6, 6.07) is 0. The molecule has 3 nitrogen and oxygen atoms in total. The van der Waals surface area contributed by atoms with Gasteiger partial charge in [0.25, 0.3) is 0 Å². The van der Waals surface area contributed by atoms with Crippen LogP contribution in [0, 0.1) is 0 Å². The minimum Gasteiger partial charge on any atom is -0.432 e. The van der Waals surface area contributed by atoms with Crippen LogP contribution in [-0.2, 0) is 9.47 Å². The normalized spacial score (nSPS) is 9.71. The number of rotatable bonds is 7. The van der Waals surface area contributed by atoms with Crippen molar-refractivity contribution in [1.82, 2.24) is 0 Å². The highest BCUT2D eigenvalue weighted by atomic mass is 16.7. The van der Waals surface area contributed by atoms with Crippen LogP contribution in [0.5, 0.6) is 0 Å². The van der Waals surface area contributed by atoms with Crippen LogP contribution >= 0.6 is 0 Å². The van der Waals surface area contributed by atoms with Crippen LogP contribution < -0.4 is 0 Å². The van der Waals surface area contributed by atoms with Gasteiger partial charge in [0.1, 0.15) is 6.61 Å². The van der Waals surface area contributed by atoms with E-state index in [-0.39, 0.29) is 12.7 Å². The molecule has 0 aliphatic rings. The molecule has 0 fully saturated rings. The summed E-state index contributed by atoms with van der Waals surface area (Å²) < 4.78 is 9.70. The Bertz CT molecular complexity index is 265. The third kappa shape index (κ3) is 9.70. The van der Waals surface area contributed by atoms with Crippen molar-refractivity contribution in [2.24, 2.45) is 0 Å². The molecule has 0 unspecified atom stereocenters. The zero-order valence-electron chi connectivity index (χ0n) is 11.4. The van der Waals surface area contributed by atoms with Gasteiger partial charge in [-0.05, 0) is 38.3 Å². The average Bonchev–Trinajstić information content (AvgIpc) is 2.24. The summed E-state index contributed by atoms with van der Waals surface area (Å²) in [7, 11) is 0. The van der Waals surface area contributed by atoms with Gasteiger partial charge in [-0.1, -0.05) is 26.7 Å². The van der Waals surface area contributed by atoms with E-state index < -0.39 is 6.16 Å². The van der Waals surface area contributed by atoms with E-state index in [2.05, 4.69) is 19.6 Å². The Labute approximate surface area is 104 Å². The minimum absolute atomic E-state index is 0.141. The van der Waals surface area contributed by atoms with Crippen molar-refractivity contribution in [3.05, 3.63) is 17.4 Å². The van der Waals surface area contributed by atoms with Crippen LogP contribution in [0.2, 0.25) is 0 Å². The Morgan fingerprint density at radius 2 is 1.82 bits per heavy atom. The van der Waals surface area contributed by atoms with Crippen molar-refractivity contribution in [3.8, 4) is 0 Å². The molecule has 0 aromatic carbocycles.